The predicted molar refractivity (Wildman–Crippen MR) is 97.0 cm³/mol. The van der Waals surface area contributed by atoms with E-state index in [1.54, 1.807) is 30.2 Å². The number of carbonyl (C=O) groups excluding carboxylic acids is 1. The first-order valence-corrected chi connectivity index (χ1v) is 8.59. The molecule has 1 saturated heterocycles. The Balaban J connectivity index is 0.00000100. The van der Waals surface area contributed by atoms with Crippen LogP contribution in [-0.2, 0) is 25.4 Å². The van der Waals surface area contributed by atoms with Crippen molar-refractivity contribution in [2.45, 2.75) is 27.3 Å². The van der Waals surface area contributed by atoms with E-state index in [0.717, 1.165) is 43.8 Å². The normalized spacial score (nSPS) is 15.3. The van der Waals surface area contributed by atoms with Crippen molar-refractivity contribution in [1.82, 2.24) is 18.9 Å². The molecule has 6 nitrogen and oxygen atoms in total. The maximum Gasteiger partial charge on any atom is 0.328 e. The Bertz CT molecular complexity index is 767. The molecule has 1 fully saturated rings. The third kappa shape index (κ3) is 3.53. The van der Waals surface area contributed by atoms with E-state index in [1.807, 2.05) is 24.8 Å². The quantitative estimate of drug-likeness (QED) is 0.839. The number of carbonyl (C=O) groups is 1. The van der Waals surface area contributed by atoms with Gasteiger partial charge >= 0.3 is 5.69 Å². The van der Waals surface area contributed by atoms with Crippen molar-refractivity contribution >= 4 is 16.9 Å². The van der Waals surface area contributed by atoms with Crippen molar-refractivity contribution in [3.63, 3.8) is 0 Å². The summed E-state index contributed by atoms with van der Waals surface area (Å²) in [6.45, 7) is 9.85. The van der Waals surface area contributed by atoms with Crippen LogP contribution in [0.5, 0.6) is 0 Å². The average molecular weight is 332 g/mol. The topological polar surface area (TPSA) is 50.5 Å². The monoisotopic (exact) mass is 332 g/mol. The Labute approximate surface area is 143 Å². The van der Waals surface area contributed by atoms with Crippen LogP contribution in [0.1, 0.15) is 26.3 Å². The van der Waals surface area contributed by atoms with Gasteiger partial charge in [-0.05, 0) is 17.7 Å². The second-order valence-electron chi connectivity index (χ2n) is 6.01. The fraction of sp³-hybridized carbons (Fsp3) is 0.556. The Morgan fingerprint density at radius 1 is 1.00 bits per heavy atom. The molecule has 0 spiro atoms. The van der Waals surface area contributed by atoms with E-state index in [1.165, 1.54) is 5.56 Å². The molecule has 3 rings (SSSR count). The molecule has 0 N–H and O–H groups in total. The number of rotatable bonds is 2. The molecule has 24 heavy (non-hydrogen) atoms. The molecule has 0 bridgehead atoms. The van der Waals surface area contributed by atoms with Gasteiger partial charge in [-0.15, -0.1) is 0 Å². The van der Waals surface area contributed by atoms with E-state index in [9.17, 15) is 9.59 Å². The van der Waals surface area contributed by atoms with E-state index in [-0.39, 0.29) is 11.6 Å². The van der Waals surface area contributed by atoms with Crippen molar-refractivity contribution in [3.05, 3.63) is 34.2 Å². The lowest BCUT2D eigenvalue weighted by atomic mass is 10.1. The molecule has 1 amide bonds. The van der Waals surface area contributed by atoms with E-state index >= 15 is 0 Å². The van der Waals surface area contributed by atoms with Gasteiger partial charge in [-0.3, -0.25) is 18.8 Å². The second kappa shape index (κ2) is 7.66. The van der Waals surface area contributed by atoms with Crippen LogP contribution in [0, 0.1) is 0 Å². The molecule has 132 valence electrons. The number of piperazine rings is 1. The molecule has 0 aliphatic carbocycles. The Hall–Kier alpha value is -2.08. The number of hydrogen-bond donors (Lipinski definition) is 0. The first kappa shape index (κ1) is 18.3. The lowest BCUT2D eigenvalue weighted by Gasteiger charge is -2.34. The van der Waals surface area contributed by atoms with Crippen molar-refractivity contribution in [3.8, 4) is 0 Å². The van der Waals surface area contributed by atoms with Crippen LogP contribution in [-0.4, -0.2) is 51.0 Å². The SMILES string of the molecule is CC.CC(=O)N1CCN(Cc2ccc3c(c2)n(C)c(=O)n3C)CC1. The van der Waals surface area contributed by atoms with E-state index in [2.05, 4.69) is 17.0 Å². The summed E-state index contributed by atoms with van der Waals surface area (Å²) >= 11 is 0. The van der Waals surface area contributed by atoms with Crippen LogP contribution >= 0.6 is 0 Å². The van der Waals surface area contributed by atoms with Crippen LogP contribution in [0.25, 0.3) is 11.0 Å². The summed E-state index contributed by atoms with van der Waals surface area (Å²) in [6, 6.07) is 6.19. The summed E-state index contributed by atoms with van der Waals surface area (Å²) in [7, 11) is 3.60. The van der Waals surface area contributed by atoms with Crippen molar-refractivity contribution in [1.29, 1.82) is 0 Å². The molecule has 2 aromatic rings. The molecule has 1 aliphatic heterocycles. The summed E-state index contributed by atoms with van der Waals surface area (Å²) in [5.41, 5.74) is 3.12. The van der Waals surface area contributed by atoms with Gasteiger partial charge in [0.15, 0.2) is 0 Å². The number of hydrogen-bond acceptors (Lipinski definition) is 3. The number of nitrogens with zero attached hydrogens (tertiary/aromatic N) is 4. The number of aryl methyl sites for hydroxylation is 2. The number of fused-ring (bicyclic) bond motifs is 1. The highest BCUT2D eigenvalue weighted by molar-refractivity contribution is 5.76. The average Bonchev–Trinajstić information content (AvgIpc) is 2.81. The smallest absolute Gasteiger partial charge is 0.328 e. The summed E-state index contributed by atoms with van der Waals surface area (Å²) < 4.78 is 3.36. The summed E-state index contributed by atoms with van der Waals surface area (Å²) in [5.74, 6) is 0.153. The third-order valence-corrected chi connectivity index (χ3v) is 4.56. The van der Waals surface area contributed by atoms with Gasteiger partial charge in [0, 0.05) is 53.7 Å². The van der Waals surface area contributed by atoms with E-state index in [0.29, 0.717) is 0 Å². The summed E-state index contributed by atoms with van der Waals surface area (Å²) in [5, 5.41) is 0. The highest BCUT2D eigenvalue weighted by Crippen LogP contribution is 2.16. The summed E-state index contributed by atoms with van der Waals surface area (Å²) in [6.07, 6.45) is 0. The zero-order valence-electron chi connectivity index (χ0n) is 15.4. The molecule has 0 atom stereocenters. The predicted octanol–water partition coefficient (Wildman–Crippen LogP) is 1.57. The van der Waals surface area contributed by atoms with Gasteiger partial charge in [0.05, 0.1) is 11.0 Å². The molecule has 6 heteroatoms. The first-order valence-electron chi connectivity index (χ1n) is 8.59. The minimum absolute atomic E-state index is 0.00206. The zero-order valence-corrected chi connectivity index (χ0v) is 15.4. The molecular weight excluding hydrogens is 304 g/mol. The Morgan fingerprint density at radius 2 is 1.58 bits per heavy atom. The number of aromatic nitrogens is 2. The molecule has 1 aromatic carbocycles. The Morgan fingerprint density at radius 3 is 2.17 bits per heavy atom. The van der Waals surface area contributed by atoms with Crippen molar-refractivity contribution < 1.29 is 4.79 Å². The van der Waals surface area contributed by atoms with Gasteiger partial charge in [-0.1, -0.05) is 19.9 Å². The van der Waals surface area contributed by atoms with Crippen molar-refractivity contribution in [2.24, 2.45) is 14.1 Å². The maximum atomic E-state index is 12.0. The van der Waals surface area contributed by atoms with Gasteiger partial charge in [0.1, 0.15) is 0 Å². The highest BCUT2D eigenvalue weighted by Gasteiger charge is 2.18. The summed E-state index contributed by atoms with van der Waals surface area (Å²) in [4.78, 5) is 27.6. The number of benzene rings is 1. The van der Waals surface area contributed by atoms with Crippen LogP contribution in [0.15, 0.2) is 23.0 Å². The number of amides is 1. The fourth-order valence-electron chi connectivity index (χ4n) is 3.13. The van der Waals surface area contributed by atoms with Gasteiger partial charge in [0.2, 0.25) is 5.91 Å². The zero-order chi connectivity index (χ0) is 17.9. The van der Waals surface area contributed by atoms with E-state index < -0.39 is 0 Å². The molecule has 1 aliphatic rings. The maximum absolute atomic E-state index is 12.0. The third-order valence-electron chi connectivity index (χ3n) is 4.56. The van der Waals surface area contributed by atoms with Gasteiger partial charge in [-0.25, -0.2) is 4.79 Å². The molecule has 2 heterocycles. The molecule has 0 unspecified atom stereocenters. The minimum Gasteiger partial charge on any atom is -0.340 e. The second-order valence-corrected chi connectivity index (χ2v) is 6.01. The van der Waals surface area contributed by atoms with Crippen LogP contribution < -0.4 is 5.69 Å². The molecule has 0 radical (unpaired) electrons. The van der Waals surface area contributed by atoms with Gasteiger partial charge < -0.3 is 4.90 Å². The molecule has 0 saturated carbocycles. The minimum atomic E-state index is 0.00206. The number of imidazole rings is 1. The van der Waals surface area contributed by atoms with Gasteiger partial charge in [0.25, 0.3) is 0 Å². The first-order chi connectivity index (χ1) is 11.5. The van der Waals surface area contributed by atoms with E-state index in [4.69, 9.17) is 0 Å². The lowest BCUT2D eigenvalue weighted by molar-refractivity contribution is -0.130. The van der Waals surface area contributed by atoms with Crippen LogP contribution in [0.4, 0.5) is 0 Å². The van der Waals surface area contributed by atoms with Crippen LogP contribution in [0.2, 0.25) is 0 Å². The Kier molecular flexibility index (Phi) is 5.83. The van der Waals surface area contributed by atoms with Crippen molar-refractivity contribution in [2.75, 3.05) is 26.2 Å². The fourth-order valence-corrected chi connectivity index (χ4v) is 3.13. The standard InChI is InChI=1S/C16H22N4O2.C2H6/c1-12(21)20-8-6-19(7-9-20)11-13-4-5-14-15(10-13)18(3)16(22)17(14)2;1-2/h4-5,10H,6-9,11H2,1-3H3;1-2H3. The van der Waals surface area contributed by atoms with Gasteiger partial charge in [-0.2, -0.15) is 0 Å². The molecular formula is C18H28N4O2. The highest BCUT2D eigenvalue weighted by atomic mass is 16.2. The van der Waals surface area contributed by atoms with Crippen LogP contribution in [0.3, 0.4) is 0 Å². The lowest BCUT2D eigenvalue weighted by Crippen LogP contribution is -2.47. The molecule has 1 aromatic heterocycles. The largest absolute Gasteiger partial charge is 0.340 e.